The van der Waals surface area contributed by atoms with Crippen LogP contribution in [-0.2, 0) is 14.6 Å². The molecule has 2 aliphatic carbocycles. The molecule has 3 aromatic rings. The zero-order valence-corrected chi connectivity index (χ0v) is 21.1. The summed E-state index contributed by atoms with van der Waals surface area (Å²) in [7, 11) is -3.38. The number of nitrogens with one attached hydrogen (secondary N) is 2. The lowest BCUT2D eigenvalue weighted by molar-refractivity contribution is -0.129. The number of benzene rings is 2. The number of sulfone groups is 1. The van der Waals surface area contributed by atoms with Gasteiger partial charge in [0.15, 0.2) is 15.6 Å². The van der Waals surface area contributed by atoms with Crippen LogP contribution in [0.5, 0.6) is 0 Å². The zero-order chi connectivity index (χ0) is 26.4. The van der Waals surface area contributed by atoms with Crippen molar-refractivity contribution in [3.63, 3.8) is 0 Å². The molecule has 0 radical (unpaired) electrons. The van der Waals surface area contributed by atoms with Gasteiger partial charge in [-0.3, -0.25) is 9.59 Å². The summed E-state index contributed by atoms with van der Waals surface area (Å²) >= 11 is 0. The van der Waals surface area contributed by atoms with Crippen molar-refractivity contribution in [2.75, 3.05) is 6.26 Å². The normalized spacial score (nSPS) is 18.1. The zero-order valence-electron chi connectivity index (χ0n) is 20.3. The lowest BCUT2D eigenvalue weighted by Gasteiger charge is -2.37. The van der Waals surface area contributed by atoms with Crippen molar-refractivity contribution in [3.05, 3.63) is 54.0 Å². The Balaban J connectivity index is 1.41. The van der Waals surface area contributed by atoms with Crippen LogP contribution in [0, 0.1) is 17.1 Å². The summed E-state index contributed by atoms with van der Waals surface area (Å²) in [6.07, 6.45) is 5.66. The lowest BCUT2D eigenvalue weighted by atomic mass is 9.80. The van der Waals surface area contributed by atoms with E-state index in [9.17, 15) is 27.7 Å². The van der Waals surface area contributed by atoms with E-state index in [-0.39, 0.29) is 27.7 Å². The van der Waals surface area contributed by atoms with Gasteiger partial charge in [0.05, 0.1) is 11.0 Å². The van der Waals surface area contributed by atoms with Gasteiger partial charge in [0, 0.05) is 23.3 Å². The van der Waals surface area contributed by atoms with E-state index in [1.807, 2.05) is 0 Å². The average Bonchev–Trinajstić information content (AvgIpc) is 3.52. The molecule has 0 aliphatic heterocycles. The largest absolute Gasteiger partial charge is 0.451 e. The Morgan fingerprint density at radius 1 is 1.00 bits per heavy atom. The fourth-order valence-corrected chi connectivity index (χ4v) is 5.48. The number of carbonyl (C=O) groups excluding carboxylic acids is 2. The van der Waals surface area contributed by atoms with Gasteiger partial charge >= 0.3 is 0 Å². The third-order valence-corrected chi connectivity index (χ3v) is 8.36. The van der Waals surface area contributed by atoms with Gasteiger partial charge in [-0.1, -0.05) is 31.4 Å². The summed E-state index contributed by atoms with van der Waals surface area (Å²) in [6, 6.07) is 12.2. The van der Waals surface area contributed by atoms with E-state index in [1.54, 1.807) is 0 Å². The van der Waals surface area contributed by atoms with E-state index in [0.29, 0.717) is 36.6 Å². The van der Waals surface area contributed by atoms with Gasteiger partial charge in [-0.2, -0.15) is 5.26 Å². The highest BCUT2D eigenvalue weighted by molar-refractivity contribution is 7.90. The van der Waals surface area contributed by atoms with Gasteiger partial charge < -0.3 is 15.1 Å². The van der Waals surface area contributed by atoms with Crippen molar-refractivity contribution in [2.45, 2.75) is 60.9 Å². The minimum Gasteiger partial charge on any atom is -0.451 e. The van der Waals surface area contributed by atoms with Crippen LogP contribution < -0.4 is 10.6 Å². The van der Waals surface area contributed by atoms with Crippen LogP contribution in [-0.4, -0.2) is 37.6 Å². The molecule has 0 spiro atoms. The van der Waals surface area contributed by atoms with E-state index < -0.39 is 32.6 Å². The van der Waals surface area contributed by atoms with E-state index in [1.165, 1.54) is 42.5 Å². The van der Waals surface area contributed by atoms with Gasteiger partial charge in [-0.15, -0.1) is 0 Å². The Morgan fingerprint density at radius 2 is 1.68 bits per heavy atom. The minimum atomic E-state index is -3.38. The summed E-state index contributed by atoms with van der Waals surface area (Å²) in [5, 5.41) is 15.5. The van der Waals surface area contributed by atoms with E-state index in [4.69, 9.17) is 4.42 Å². The van der Waals surface area contributed by atoms with E-state index >= 15 is 0 Å². The van der Waals surface area contributed by atoms with Crippen molar-refractivity contribution in [1.29, 1.82) is 5.26 Å². The highest BCUT2D eigenvalue weighted by Crippen LogP contribution is 2.37. The van der Waals surface area contributed by atoms with Crippen LogP contribution in [0.3, 0.4) is 0 Å². The lowest BCUT2D eigenvalue weighted by Crippen LogP contribution is -2.61. The second-order valence-electron chi connectivity index (χ2n) is 10.0. The summed E-state index contributed by atoms with van der Waals surface area (Å²) in [5.74, 6) is -1.59. The second-order valence-corrected chi connectivity index (χ2v) is 12.0. The molecular formula is C27H26FN3O5S. The minimum absolute atomic E-state index is 0.0573. The Bertz CT molecular complexity index is 1540. The molecular weight excluding hydrogens is 497 g/mol. The highest BCUT2D eigenvalue weighted by Gasteiger charge is 2.50. The van der Waals surface area contributed by atoms with Gasteiger partial charge in [-0.25, -0.2) is 12.8 Å². The van der Waals surface area contributed by atoms with Crippen molar-refractivity contribution < 1.29 is 26.8 Å². The van der Waals surface area contributed by atoms with Gasteiger partial charge in [0.25, 0.3) is 5.91 Å². The molecule has 192 valence electrons. The van der Waals surface area contributed by atoms with Crippen LogP contribution >= 0.6 is 0 Å². The Hall–Kier alpha value is -3.71. The van der Waals surface area contributed by atoms with Crippen LogP contribution in [0.1, 0.15) is 55.5 Å². The van der Waals surface area contributed by atoms with Crippen molar-refractivity contribution in [3.8, 4) is 17.2 Å². The number of nitrogens with zero attached hydrogens (tertiary/aromatic N) is 1. The number of carbonyl (C=O) groups is 2. The molecule has 0 atom stereocenters. The molecule has 2 aliphatic rings. The average molecular weight is 524 g/mol. The molecule has 5 rings (SSSR count). The predicted molar refractivity (Wildman–Crippen MR) is 134 cm³/mol. The van der Waals surface area contributed by atoms with Gasteiger partial charge in [0.2, 0.25) is 5.91 Å². The number of rotatable bonds is 6. The summed E-state index contributed by atoms with van der Waals surface area (Å²) in [4.78, 5) is 26.6. The maximum Gasteiger partial charge on any atom is 0.287 e. The summed E-state index contributed by atoms with van der Waals surface area (Å²) in [6.45, 7) is 0. The number of nitriles is 1. The van der Waals surface area contributed by atoms with Crippen LogP contribution in [0.25, 0.3) is 22.1 Å². The molecule has 1 heterocycles. The fraction of sp³-hybridized carbons (Fsp3) is 0.370. The van der Waals surface area contributed by atoms with Crippen molar-refractivity contribution in [1.82, 2.24) is 10.6 Å². The van der Waals surface area contributed by atoms with E-state index in [2.05, 4.69) is 16.7 Å². The molecule has 0 unspecified atom stereocenters. The SMILES string of the molecule is CS(=O)(=O)c1ccc(-c2cc3cc(C(=O)NC4(C(=O)NC5(C#N)CC5)CCCCC4)oc3cc2F)cc1. The number of hydrogen-bond donors (Lipinski definition) is 2. The third kappa shape index (κ3) is 4.83. The first kappa shape index (κ1) is 25.0. The number of fused-ring (bicyclic) bond motifs is 1. The molecule has 1 aromatic heterocycles. The molecule has 2 saturated carbocycles. The maximum absolute atomic E-state index is 14.9. The number of amides is 2. The number of hydrogen-bond acceptors (Lipinski definition) is 6. The molecule has 8 nitrogen and oxygen atoms in total. The molecule has 37 heavy (non-hydrogen) atoms. The first-order valence-corrected chi connectivity index (χ1v) is 14.0. The Labute approximate surface area is 213 Å². The van der Waals surface area contributed by atoms with Crippen LogP contribution in [0.2, 0.25) is 0 Å². The molecule has 2 aromatic carbocycles. The van der Waals surface area contributed by atoms with E-state index in [0.717, 1.165) is 25.5 Å². The quantitative estimate of drug-likeness (QED) is 0.497. The van der Waals surface area contributed by atoms with Crippen LogP contribution in [0.15, 0.2) is 51.8 Å². The first-order chi connectivity index (χ1) is 17.5. The fourth-order valence-electron chi connectivity index (χ4n) is 4.85. The number of furan rings is 1. The van der Waals surface area contributed by atoms with Gasteiger partial charge in [0.1, 0.15) is 22.5 Å². The Morgan fingerprint density at radius 3 is 2.27 bits per heavy atom. The smallest absolute Gasteiger partial charge is 0.287 e. The first-order valence-electron chi connectivity index (χ1n) is 12.1. The summed E-state index contributed by atoms with van der Waals surface area (Å²) < 4.78 is 44.0. The maximum atomic E-state index is 14.9. The monoisotopic (exact) mass is 523 g/mol. The molecule has 2 fully saturated rings. The third-order valence-electron chi connectivity index (χ3n) is 7.23. The summed E-state index contributed by atoms with van der Waals surface area (Å²) in [5.41, 5.74) is -1.11. The molecule has 2 N–H and O–H groups in total. The standard InChI is InChI=1S/C27H26FN3O5S/c1-37(34,35)19-7-5-17(6-8-19)20-13-18-14-23(36-22(18)15-21(20)28)24(32)30-27(9-3-2-4-10-27)25(33)31-26(16-29)11-12-26/h5-8,13-15H,2-4,9-12H2,1H3,(H,30,32)(H,31,33). The van der Waals surface area contributed by atoms with Crippen molar-refractivity contribution in [2.24, 2.45) is 0 Å². The molecule has 0 saturated heterocycles. The Kier molecular flexibility index (Phi) is 6.07. The number of halogens is 1. The highest BCUT2D eigenvalue weighted by atomic mass is 32.2. The van der Waals surface area contributed by atoms with Gasteiger partial charge in [-0.05, 0) is 55.5 Å². The molecule has 10 heteroatoms. The predicted octanol–water partition coefficient (Wildman–Crippen LogP) is 4.25. The topological polar surface area (TPSA) is 129 Å². The second kappa shape index (κ2) is 8.99. The van der Waals surface area contributed by atoms with Crippen molar-refractivity contribution >= 4 is 32.6 Å². The molecule has 2 amide bonds. The van der Waals surface area contributed by atoms with Crippen LogP contribution in [0.4, 0.5) is 4.39 Å². The molecule has 0 bridgehead atoms.